The molecule has 0 radical (unpaired) electrons. The van der Waals surface area contributed by atoms with Crippen molar-refractivity contribution >= 4 is 45.0 Å². The van der Waals surface area contributed by atoms with Gasteiger partial charge in [-0.1, -0.05) is 13.0 Å². The summed E-state index contributed by atoms with van der Waals surface area (Å²) < 4.78 is 27.4. The number of benzene rings is 1. The van der Waals surface area contributed by atoms with E-state index >= 15 is 0 Å². The molecule has 0 aliphatic carbocycles. The monoisotopic (exact) mass is 416 g/mol. The molecule has 1 aliphatic rings. The van der Waals surface area contributed by atoms with E-state index in [0.717, 1.165) is 9.99 Å². The van der Waals surface area contributed by atoms with Gasteiger partial charge in [-0.2, -0.15) is 4.31 Å². The van der Waals surface area contributed by atoms with Gasteiger partial charge in [-0.05, 0) is 59.2 Å². The van der Waals surface area contributed by atoms with E-state index < -0.39 is 10.0 Å². The first-order valence-electron chi connectivity index (χ1n) is 5.83. The number of nitrogens with zero attached hydrogens (tertiary/aromatic N) is 1. The summed E-state index contributed by atoms with van der Waals surface area (Å²) in [5.41, 5.74) is 5.63. The minimum Gasteiger partial charge on any atom is -0.330 e. The van der Waals surface area contributed by atoms with Gasteiger partial charge in [0.25, 0.3) is 0 Å². The fourth-order valence-electron chi connectivity index (χ4n) is 2.13. The number of hydrogen-bond acceptors (Lipinski definition) is 3. The number of sulfonamides is 1. The highest BCUT2D eigenvalue weighted by molar-refractivity contribution is 14.1. The lowest BCUT2D eigenvalue weighted by atomic mass is 9.90. The van der Waals surface area contributed by atoms with Crippen LogP contribution in [0.1, 0.15) is 13.3 Å². The second-order valence-electron chi connectivity index (χ2n) is 5.06. The molecule has 0 amide bonds. The average molecular weight is 417 g/mol. The SMILES string of the molecule is CC1(CN)CCN(S(=O)(=O)c2cccc(I)c2)C1.Cl. The molecule has 0 bridgehead atoms. The van der Waals surface area contributed by atoms with Crippen molar-refractivity contribution in [1.82, 2.24) is 4.31 Å². The summed E-state index contributed by atoms with van der Waals surface area (Å²) in [4.78, 5) is 0.371. The van der Waals surface area contributed by atoms with Gasteiger partial charge in [0.15, 0.2) is 0 Å². The minimum absolute atomic E-state index is 0. The Hall–Kier alpha value is 0.110. The molecule has 1 aromatic rings. The molecule has 1 atom stereocenters. The van der Waals surface area contributed by atoms with Crippen LogP contribution in [0, 0.1) is 8.99 Å². The summed E-state index contributed by atoms with van der Waals surface area (Å²) in [6.07, 6.45) is 0.826. The van der Waals surface area contributed by atoms with Crippen LogP contribution in [0.25, 0.3) is 0 Å². The van der Waals surface area contributed by atoms with E-state index in [9.17, 15) is 8.42 Å². The minimum atomic E-state index is -3.37. The fraction of sp³-hybridized carbons (Fsp3) is 0.500. The fourth-order valence-corrected chi connectivity index (χ4v) is 4.52. The molecule has 0 saturated carbocycles. The average Bonchev–Trinajstić information content (AvgIpc) is 2.73. The van der Waals surface area contributed by atoms with Crippen LogP contribution in [0.2, 0.25) is 0 Å². The first kappa shape index (κ1) is 17.2. The Labute approximate surface area is 134 Å². The van der Waals surface area contributed by atoms with Crippen LogP contribution < -0.4 is 5.73 Å². The van der Waals surface area contributed by atoms with E-state index in [4.69, 9.17) is 5.73 Å². The summed E-state index contributed by atoms with van der Waals surface area (Å²) >= 11 is 2.12. The maximum absolute atomic E-state index is 12.5. The first-order valence-corrected chi connectivity index (χ1v) is 8.35. The molecule has 2 N–H and O–H groups in total. The highest BCUT2D eigenvalue weighted by Crippen LogP contribution is 2.32. The lowest BCUT2D eigenvalue weighted by Crippen LogP contribution is -2.34. The van der Waals surface area contributed by atoms with Crippen molar-refractivity contribution < 1.29 is 8.42 Å². The van der Waals surface area contributed by atoms with Crippen LogP contribution in [0.4, 0.5) is 0 Å². The maximum atomic E-state index is 12.5. The zero-order valence-electron chi connectivity index (χ0n) is 10.7. The van der Waals surface area contributed by atoms with Crippen molar-refractivity contribution in [2.24, 2.45) is 11.1 Å². The first-order chi connectivity index (χ1) is 8.37. The van der Waals surface area contributed by atoms with Crippen LogP contribution in [-0.2, 0) is 10.0 Å². The van der Waals surface area contributed by atoms with Crippen LogP contribution in [0.15, 0.2) is 29.2 Å². The van der Waals surface area contributed by atoms with Crippen molar-refractivity contribution in [2.75, 3.05) is 19.6 Å². The normalized spacial score (nSPS) is 24.2. The zero-order valence-corrected chi connectivity index (χ0v) is 14.5. The molecule has 1 aliphatic heterocycles. The molecule has 0 aromatic heterocycles. The van der Waals surface area contributed by atoms with E-state index in [0.29, 0.717) is 24.5 Å². The van der Waals surface area contributed by atoms with Crippen LogP contribution in [0.5, 0.6) is 0 Å². The van der Waals surface area contributed by atoms with E-state index in [1.165, 1.54) is 0 Å². The van der Waals surface area contributed by atoms with Gasteiger partial charge in [0.1, 0.15) is 0 Å². The van der Waals surface area contributed by atoms with Gasteiger partial charge < -0.3 is 5.73 Å². The van der Waals surface area contributed by atoms with Crippen molar-refractivity contribution in [3.8, 4) is 0 Å². The molecular formula is C12H18ClIN2O2S. The molecule has 1 fully saturated rings. The largest absolute Gasteiger partial charge is 0.330 e. The lowest BCUT2D eigenvalue weighted by molar-refractivity contribution is 0.349. The van der Waals surface area contributed by atoms with E-state index in [1.807, 2.05) is 13.0 Å². The molecule has 4 nitrogen and oxygen atoms in total. The summed E-state index contributed by atoms with van der Waals surface area (Å²) in [6.45, 7) is 3.63. The Morgan fingerprint density at radius 1 is 1.47 bits per heavy atom. The number of halogens is 2. The smallest absolute Gasteiger partial charge is 0.243 e. The molecule has 7 heteroatoms. The quantitative estimate of drug-likeness (QED) is 0.767. The third kappa shape index (κ3) is 3.60. The van der Waals surface area contributed by atoms with Gasteiger partial charge in [0.05, 0.1) is 4.90 Å². The molecule has 19 heavy (non-hydrogen) atoms. The van der Waals surface area contributed by atoms with Gasteiger partial charge in [-0.3, -0.25) is 0 Å². The van der Waals surface area contributed by atoms with E-state index in [2.05, 4.69) is 22.6 Å². The molecule has 0 spiro atoms. The third-order valence-electron chi connectivity index (χ3n) is 3.45. The molecule has 1 unspecified atom stereocenters. The topological polar surface area (TPSA) is 63.4 Å². The number of hydrogen-bond donors (Lipinski definition) is 1. The molecule has 108 valence electrons. The predicted octanol–water partition coefficient (Wildman–Crippen LogP) is 2.07. The van der Waals surface area contributed by atoms with Crippen LogP contribution in [0.3, 0.4) is 0 Å². The third-order valence-corrected chi connectivity index (χ3v) is 5.96. The zero-order chi connectivity index (χ0) is 13.4. The summed E-state index contributed by atoms with van der Waals surface area (Å²) in [6, 6.07) is 7.00. The van der Waals surface area contributed by atoms with Crippen molar-refractivity contribution in [1.29, 1.82) is 0 Å². The Morgan fingerprint density at radius 2 is 2.16 bits per heavy atom. The van der Waals surface area contributed by atoms with Gasteiger partial charge >= 0.3 is 0 Å². The van der Waals surface area contributed by atoms with E-state index in [-0.39, 0.29) is 17.8 Å². The highest BCUT2D eigenvalue weighted by atomic mass is 127. The molecule has 1 aromatic carbocycles. The van der Waals surface area contributed by atoms with Crippen LogP contribution >= 0.6 is 35.0 Å². The Balaban J connectivity index is 0.00000180. The highest BCUT2D eigenvalue weighted by Gasteiger charge is 2.38. The summed E-state index contributed by atoms with van der Waals surface area (Å²) in [7, 11) is -3.37. The van der Waals surface area contributed by atoms with Crippen molar-refractivity contribution in [3.05, 3.63) is 27.8 Å². The maximum Gasteiger partial charge on any atom is 0.243 e. The Kier molecular flexibility index (Phi) is 5.65. The predicted molar refractivity (Wildman–Crippen MR) is 86.9 cm³/mol. The van der Waals surface area contributed by atoms with Gasteiger partial charge in [-0.25, -0.2) is 8.42 Å². The van der Waals surface area contributed by atoms with Crippen molar-refractivity contribution in [3.63, 3.8) is 0 Å². The second-order valence-corrected chi connectivity index (χ2v) is 8.24. The number of nitrogens with two attached hydrogens (primary N) is 1. The molecular weight excluding hydrogens is 399 g/mol. The molecule has 2 rings (SSSR count). The second kappa shape index (κ2) is 6.26. The standard InChI is InChI=1S/C12H17IN2O2S.ClH/c1-12(8-14)5-6-15(9-12)18(16,17)11-4-2-3-10(13)7-11;/h2-4,7H,5-6,8-9,14H2,1H3;1H. The molecule has 1 saturated heterocycles. The summed E-state index contributed by atoms with van der Waals surface area (Å²) in [5, 5.41) is 0. The van der Waals surface area contributed by atoms with E-state index in [1.54, 1.807) is 22.5 Å². The van der Waals surface area contributed by atoms with Gasteiger partial charge in [0, 0.05) is 16.7 Å². The van der Waals surface area contributed by atoms with Gasteiger partial charge in [0.2, 0.25) is 10.0 Å². The van der Waals surface area contributed by atoms with Crippen molar-refractivity contribution in [2.45, 2.75) is 18.2 Å². The van der Waals surface area contributed by atoms with Gasteiger partial charge in [-0.15, -0.1) is 12.4 Å². The van der Waals surface area contributed by atoms with Crippen LogP contribution in [-0.4, -0.2) is 32.4 Å². The number of rotatable bonds is 3. The molecule has 1 heterocycles. The Morgan fingerprint density at radius 3 is 2.68 bits per heavy atom. The summed E-state index contributed by atoms with van der Waals surface area (Å²) in [5.74, 6) is 0. The Bertz CT molecular complexity index is 552. The lowest BCUT2D eigenvalue weighted by Gasteiger charge is -2.22.